The summed E-state index contributed by atoms with van der Waals surface area (Å²) in [5, 5.41) is 10.3. The highest BCUT2D eigenvalue weighted by Gasteiger charge is 2.34. The van der Waals surface area contributed by atoms with Crippen LogP contribution in [-0.2, 0) is 6.54 Å². The minimum atomic E-state index is -0.408. The number of anilines is 1. The summed E-state index contributed by atoms with van der Waals surface area (Å²) in [6, 6.07) is 7.98. The van der Waals surface area contributed by atoms with Crippen molar-refractivity contribution < 1.29 is 9.84 Å². The molecule has 1 aliphatic rings. The quantitative estimate of drug-likeness (QED) is 0.785. The Balaban J connectivity index is 1.79. The van der Waals surface area contributed by atoms with E-state index in [2.05, 4.69) is 32.8 Å². The van der Waals surface area contributed by atoms with Gasteiger partial charge in [-0.15, -0.1) is 0 Å². The number of rotatable bonds is 4. The van der Waals surface area contributed by atoms with Crippen LogP contribution in [0.1, 0.15) is 24.9 Å². The first-order valence-corrected chi connectivity index (χ1v) is 8.45. The molecule has 0 radical (unpaired) electrons. The minimum Gasteiger partial charge on any atom is -0.497 e. The molecule has 2 aromatic heterocycles. The topological polar surface area (TPSA) is 76.3 Å². The first-order valence-electron chi connectivity index (χ1n) is 8.45. The molecule has 130 valence electrons. The molecule has 0 unspecified atom stereocenters. The van der Waals surface area contributed by atoms with E-state index in [0.717, 1.165) is 34.8 Å². The van der Waals surface area contributed by atoms with Crippen LogP contribution in [0.4, 0.5) is 5.82 Å². The lowest BCUT2D eigenvalue weighted by Gasteiger charge is -2.26. The van der Waals surface area contributed by atoms with Crippen molar-refractivity contribution >= 4 is 17.0 Å². The molecule has 1 saturated heterocycles. The van der Waals surface area contributed by atoms with E-state index in [1.54, 1.807) is 19.8 Å². The number of imidazole rings is 1. The van der Waals surface area contributed by atoms with Crippen molar-refractivity contribution in [2.24, 2.45) is 0 Å². The molecule has 7 nitrogen and oxygen atoms in total. The van der Waals surface area contributed by atoms with Crippen molar-refractivity contribution in [3.05, 3.63) is 42.5 Å². The molecule has 2 atom stereocenters. The van der Waals surface area contributed by atoms with E-state index in [1.807, 2.05) is 22.8 Å². The van der Waals surface area contributed by atoms with Crippen LogP contribution in [0.2, 0.25) is 0 Å². The molecule has 1 fully saturated rings. The second-order valence-corrected chi connectivity index (χ2v) is 6.23. The Kier molecular flexibility index (Phi) is 4.01. The maximum atomic E-state index is 10.3. The Labute approximate surface area is 145 Å². The van der Waals surface area contributed by atoms with E-state index in [0.29, 0.717) is 13.0 Å². The standard InChI is InChI=1S/C18H21N5O2/c1-3-22-11-21-16-17(22)19-10-20-18(16)23-9-13(24)8-15(23)12-5-4-6-14(7-12)25-2/h4-7,10-11,13,15,24H,3,8-9H2,1-2H3/t13-,15-/m0/s1. The van der Waals surface area contributed by atoms with Gasteiger partial charge in [0.2, 0.25) is 0 Å². The average Bonchev–Trinajstić information content (AvgIpc) is 3.24. The van der Waals surface area contributed by atoms with Gasteiger partial charge in [0.05, 0.1) is 25.6 Å². The number of β-amino-alcohol motifs (C(OH)–C–C–N with tert-alkyl or cyclic N) is 1. The Bertz CT molecular complexity index is 894. The van der Waals surface area contributed by atoms with Crippen LogP contribution in [0.5, 0.6) is 5.75 Å². The van der Waals surface area contributed by atoms with E-state index >= 15 is 0 Å². The van der Waals surface area contributed by atoms with Crippen LogP contribution in [0.25, 0.3) is 11.2 Å². The van der Waals surface area contributed by atoms with Gasteiger partial charge in [-0.2, -0.15) is 0 Å². The number of hydrogen-bond donors (Lipinski definition) is 1. The minimum absolute atomic E-state index is 0.0231. The first-order chi connectivity index (χ1) is 12.2. The van der Waals surface area contributed by atoms with Gasteiger partial charge >= 0.3 is 0 Å². The number of nitrogens with zero attached hydrogens (tertiary/aromatic N) is 5. The van der Waals surface area contributed by atoms with Crippen LogP contribution in [0.15, 0.2) is 36.9 Å². The van der Waals surface area contributed by atoms with Gasteiger partial charge in [-0.1, -0.05) is 12.1 Å². The van der Waals surface area contributed by atoms with E-state index < -0.39 is 6.10 Å². The summed E-state index contributed by atoms with van der Waals surface area (Å²) in [6.07, 6.45) is 3.59. The van der Waals surface area contributed by atoms with Gasteiger partial charge in [0.25, 0.3) is 0 Å². The molecule has 3 heterocycles. The van der Waals surface area contributed by atoms with Crippen LogP contribution in [0, 0.1) is 0 Å². The fourth-order valence-corrected chi connectivity index (χ4v) is 3.52. The summed E-state index contributed by atoms with van der Waals surface area (Å²) in [4.78, 5) is 15.5. The largest absolute Gasteiger partial charge is 0.497 e. The zero-order valence-electron chi connectivity index (χ0n) is 14.3. The van der Waals surface area contributed by atoms with E-state index in [4.69, 9.17) is 4.74 Å². The summed E-state index contributed by atoms with van der Waals surface area (Å²) < 4.78 is 7.34. The van der Waals surface area contributed by atoms with E-state index in [1.165, 1.54) is 0 Å². The third-order valence-corrected chi connectivity index (χ3v) is 4.75. The zero-order valence-corrected chi connectivity index (χ0v) is 14.3. The van der Waals surface area contributed by atoms with Gasteiger partial charge in [0, 0.05) is 13.1 Å². The highest BCUT2D eigenvalue weighted by atomic mass is 16.5. The summed E-state index contributed by atoms with van der Waals surface area (Å²) >= 11 is 0. The SMILES string of the molecule is CCn1cnc2c(N3C[C@@H](O)C[C@H]3c3cccc(OC)c3)ncnc21. The van der Waals surface area contributed by atoms with Crippen LogP contribution in [0.3, 0.4) is 0 Å². The third-order valence-electron chi connectivity index (χ3n) is 4.75. The van der Waals surface area contributed by atoms with Crippen molar-refractivity contribution in [3.63, 3.8) is 0 Å². The van der Waals surface area contributed by atoms with E-state index in [9.17, 15) is 5.11 Å². The molecule has 1 N–H and O–H groups in total. The molecule has 4 rings (SSSR count). The Morgan fingerprint density at radius 3 is 2.96 bits per heavy atom. The fourth-order valence-electron chi connectivity index (χ4n) is 3.52. The fraction of sp³-hybridized carbons (Fsp3) is 0.389. The molecule has 0 spiro atoms. The predicted octanol–water partition coefficient (Wildman–Crippen LogP) is 2.17. The lowest BCUT2D eigenvalue weighted by atomic mass is 10.0. The molecule has 0 saturated carbocycles. The molecule has 1 aliphatic heterocycles. The molecule has 0 aliphatic carbocycles. The predicted molar refractivity (Wildman–Crippen MR) is 94.7 cm³/mol. The maximum Gasteiger partial charge on any atom is 0.165 e. The molecular weight excluding hydrogens is 318 g/mol. The number of methoxy groups -OCH3 is 1. The summed E-state index contributed by atoms with van der Waals surface area (Å²) in [5.41, 5.74) is 2.68. The van der Waals surface area contributed by atoms with Gasteiger partial charge in [-0.3, -0.25) is 0 Å². The highest BCUT2D eigenvalue weighted by Crippen LogP contribution is 2.38. The Morgan fingerprint density at radius 2 is 2.16 bits per heavy atom. The van der Waals surface area contributed by atoms with Gasteiger partial charge < -0.3 is 19.3 Å². The molecule has 7 heteroatoms. The van der Waals surface area contributed by atoms with Crippen LogP contribution < -0.4 is 9.64 Å². The number of hydrogen-bond acceptors (Lipinski definition) is 6. The first kappa shape index (κ1) is 15.8. The number of aliphatic hydroxyl groups excluding tert-OH is 1. The molecule has 0 amide bonds. The van der Waals surface area contributed by atoms with Gasteiger partial charge in [-0.25, -0.2) is 15.0 Å². The second-order valence-electron chi connectivity index (χ2n) is 6.23. The molecule has 25 heavy (non-hydrogen) atoms. The lowest BCUT2D eigenvalue weighted by Crippen LogP contribution is -2.25. The van der Waals surface area contributed by atoms with Gasteiger partial charge in [0.15, 0.2) is 17.0 Å². The van der Waals surface area contributed by atoms with Crippen LogP contribution in [-0.4, -0.2) is 44.4 Å². The van der Waals surface area contributed by atoms with Crippen molar-refractivity contribution in [2.45, 2.75) is 32.0 Å². The van der Waals surface area contributed by atoms with Crippen LogP contribution >= 0.6 is 0 Å². The van der Waals surface area contributed by atoms with Crippen molar-refractivity contribution in [3.8, 4) is 5.75 Å². The number of benzene rings is 1. The van der Waals surface area contributed by atoms with Crippen molar-refractivity contribution in [1.82, 2.24) is 19.5 Å². The zero-order chi connectivity index (χ0) is 17.4. The van der Waals surface area contributed by atoms with Gasteiger partial charge in [0.1, 0.15) is 12.1 Å². The highest BCUT2D eigenvalue weighted by molar-refractivity contribution is 5.83. The molecule has 3 aromatic rings. The molecule has 0 bridgehead atoms. The van der Waals surface area contributed by atoms with Gasteiger partial charge in [-0.05, 0) is 31.0 Å². The van der Waals surface area contributed by atoms with Crippen molar-refractivity contribution in [2.75, 3.05) is 18.6 Å². The Morgan fingerprint density at radius 1 is 1.28 bits per heavy atom. The average molecular weight is 339 g/mol. The smallest absolute Gasteiger partial charge is 0.165 e. The molecular formula is C18H21N5O2. The Hall–Kier alpha value is -2.67. The summed E-state index contributed by atoms with van der Waals surface area (Å²) in [6.45, 7) is 3.38. The number of aliphatic hydroxyl groups is 1. The number of fused-ring (bicyclic) bond motifs is 1. The normalized spacial score (nSPS) is 20.4. The number of ether oxygens (including phenoxy) is 1. The third kappa shape index (κ3) is 2.70. The monoisotopic (exact) mass is 339 g/mol. The summed E-state index contributed by atoms with van der Waals surface area (Å²) in [7, 11) is 1.66. The second kappa shape index (κ2) is 6.33. The maximum absolute atomic E-state index is 10.3. The summed E-state index contributed by atoms with van der Waals surface area (Å²) in [5.74, 6) is 1.57. The number of aryl methyl sites for hydroxylation is 1. The number of aromatic nitrogens is 4. The molecule has 1 aromatic carbocycles. The van der Waals surface area contributed by atoms with E-state index in [-0.39, 0.29) is 6.04 Å². The lowest BCUT2D eigenvalue weighted by molar-refractivity contribution is 0.194. The van der Waals surface area contributed by atoms with Crippen molar-refractivity contribution in [1.29, 1.82) is 0 Å².